The lowest BCUT2D eigenvalue weighted by atomic mass is 9.43. The summed E-state index contributed by atoms with van der Waals surface area (Å²) in [6, 6.07) is -0.0892. The number of amides is 3. The number of nitrogens with one attached hydrogen (secondary N) is 3. The monoisotopic (exact) mass is 675 g/mol. The molecule has 0 aromatic heterocycles. The molecule has 0 aromatic rings. The van der Waals surface area contributed by atoms with Crippen LogP contribution in [0.4, 0.5) is 4.79 Å². The number of carboxylic acids is 1. The number of alkyl carbamates (subject to hydrolysis) is 1. The van der Waals surface area contributed by atoms with Gasteiger partial charge in [-0.15, -0.1) is 0 Å². The van der Waals surface area contributed by atoms with Gasteiger partial charge in [0.15, 0.2) is 6.73 Å². The van der Waals surface area contributed by atoms with E-state index in [1.165, 1.54) is 7.11 Å². The van der Waals surface area contributed by atoms with Crippen molar-refractivity contribution in [2.24, 2.45) is 46.3 Å². The van der Waals surface area contributed by atoms with E-state index in [4.69, 9.17) is 9.26 Å². The summed E-state index contributed by atoms with van der Waals surface area (Å²) in [5.74, 6) is -0.00528. The van der Waals surface area contributed by atoms with Gasteiger partial charge in [0.1, 0.15) is 13.2 Å². The average Bonchev–Trinajstić information content (AvgIpc) is 3.30. The molecule has 256 valence electrons. The Kier molecular flexibility index (Phi) is 11.6. The van der Waals surface area contributed by atoms with Gasteiger partial charge in [-0.05, 0) is 110 Å². The molecule has 6 N–H and O–H groups in total. The summed E-state index contributed by atoms with van der Waals surface area (Å²) < 4.78 is 14.2. The van der Waals surface area contributed by atoms with Crippen molar-refractivity contribution in [3.05, 3.63) is 0 Å². The quantitative estimate of drug-likeness (QED) is 0.101. The fourth-order valence-electron chi connectivity index (χ4n) is 9.69. The topological polar surface area (TPSA) is 193 Å². The van der Waals surface area contributed by atoms with Gasteiger partial charge in [0, 0.05) is 19.6 Å². The molecule has 4 saturated carbocycles. The molecule has 13 nitrogen and oxygen atoms in total. The third-order valence-electron chi connectivity index (χ3n) is 11.8. The largest absolute Gasteiger partial charge is 0.481 e. The molecule has 45 heavy (non-hydrogen) atoms. The van der Waals surface area contributed by atoms with Crippen LogP contribution in [-0.2, 0) is 40.0 Å². The minimum Gasteiger partial charge on any atom is -0.481 e. The smallest absolute Gasteiger partial charge is 0.410 e. The number of carbonyl (C=O) groups is 4. The first-order valence-corrected chi connectivity index (χ1v) is 18.6. The summed E-state index contributed by atoms with van der Waals surface area (Å²) >= 11 is 4.63. The molecule has 3 amide bonds. The zero-order valence-electron chi connectivity index (χ0n) is 26.7. The van der Waals surface area contributed by atoms with E-state index in [-0.39, 0.29) is 41.0 Å². The lowest BCUT2D eigenvalue weighted by Crippen LogP contribution is -2.59. The molecule has 0 saturated heterocycles. The Hall–Kier alpha value is -1.83. The van der Waals surface area contributed by atoms with E-state index in [9.17, 15) is 34.3 Å². The molecule has 11 atom stereocenters. The van der Waals surface area contributed by atoms with Gasteiger partial charge in [0.2, 0.25) is 11.8 Å². The van der Waals surface area contributed by atoms with Crippen LogP contribution < -0.4 is 16.0 Å². The van der Waals surface area contributed by atoms with Crippen molar-refractivity contribution in [2.75, 3.05) is 20.6 Å². The molecule has 7 unspecified atom stereocenters. The van der Waals surface area contributed by atoms with Gasteiger partial charge in [-0.1, -0.05) is 20.8 Å². The summed E-state index contributed by atoms with van der Waals surface area (Å²) in [7, 11) is 1.18. The maximum Gasteiger partial charge on any atom is 0.410 e. The minimum absolute atomic E-state index is 0.0542. The number of hydrogen-bond acceptors (Lipinski definition) is 9. The van der Waals surface area contributed by atoms with Crippen molar-refractivity contribution in [1.29, 1.82) is 0 Å². The van der Waals surface area contributed by atoms with Crippen molar-refractivity contribution in [2.45, 2.75) is 97.1 Å². The Balaban J connectivity index is 1.24. The van der Waals surface area contributed by atoms with Gasteiger partial charge in [-0.2, -0.15) is 0 Å². The molecule has 4 aliphatic carbocycles. The van der Waals surface area contributed by atoms with Crippen LogP contribution in [0, 0.1) is 46.3 Å². The van der Waals surface area contributed by atoms with Crippen molar-refractivity contribution in [3.8, 4) is 0 Å². The van der Waals surface area contributed by atoms with Gasteiger partial charge in [-0.25, -0.2) is 4.79 Å². The molecule has 4 aliphatic rings. The fraction of sp³-hybridized carbons (Fsp3) is 0.867. The number of carbonyl (C=O) groups excluding carboxylic acids is 3. The van der Waals surface area contributed by atoms with Crippen molar-refractivity contribution >= 4 is 42.4 Å². The van der Waals surface area contributed by atoms with Crippen LogP contribution in [0.15, 0.2) is 0 Å². The van der Waals surface area contributed by atoms with E-state index in [1.807, 2.05) is 0 Å². The lowest BCUT2D eigenvalue weighted by molar-refractivity contribution is -0.168. The van der Waals surface area contributed by atoms with Gasteiger partial charge < -0.3 is 35.0 Å². The summed E-state index contributed by atoms with van der Waals surface area (Å²) in [5.41, 5.74) is 0.117. The molecular weight excluding hydrogens is 625 g/mol. The highest BCUT2D eigenvalue weighted by Gasteiger charge is 2.63. The fourth-order valence-corrected chi connectivity index (χ4v) is 10.2. The third kappa shape index (κ3) is 8.19. The number of fused-ring (bicyclic) bond motifs is 5. The Morgan fingerprint density at radius 2 is 1.67 bits per heavy atom. The maximum absolute atomic E-state index is 12.7. The third-order valence-corrected chi connectivity index (χ3v) is 13.5. The molecular formula is C30H50N3O10PS. The summed E-state index contributed by atoms with van der Waals surface area (Å²) in [5, 5.41) is 28.5. The van der Waals surface area contributed by atoms with Crippen LogP contribution in [-0.4, -0.2) is 71.7 Å². The first-order chi connectivity index (χ1) is 21.1. The predicted molar refractivity (Wildman–Crippen MR) is 167 cm³/mol. The first kappa shape index (κ1) is 36.0. The van der Waals surface area contributed by atoms with E-state index in [0.717, 1.165) is 44.9 Å². The van der Waals surface area contributed by atoms with Gasteiger partial charge >= 0.3 is 18.8 Å². The Labute approximate surface area is 270 Å². The SMILES string of the molecule is COP(O)(=S)OCNC(=O)OCNC(=O)CC(=O)N[C@H]1CC[C@]2(C)C(CC(O)C3C2CC[C@]2(C)C3CCC2[C@@H](C)CC(=O)O)C1. The zero-order valence-corrected chi connectivity index (χ0v) is 28.4. The van der Waals surface area contributed by atoms with Gasteiger partial charge in [-0.3, -0.25) is 24.2 Å². The highest BCUT2D eigenvalue weighted by Crippen LogP contribution is 2.68. The Bertz CT molecular complexity index is 1180. The predicted octanol–water partition coefficient (Wildman–Crippen LogP) is 3.24. The molecule has 0 heterocycles. The number of hydrogen-bond donors (Lipinski definition) is 6. The number of ether oxygens (including phenoxy) is 1. The summed E-state index contributed by atoms with van der Waals surface area (Å²) in [6.45, 7) is 2.47. The molecule has 4 rings (SSSR count). The van der Waals surface area contributed by atoms with Crippen molar-refractivity contribution < 1.29 is 48.1 Å². The highest BCUT2D eigenvalue weighted by atomic mass is 32.5. The molecule has 0 radical (unpaired) electrons. The summed E-state index contributed by atoms with van der Waals surface area (Å²) in [6.07, 6.45) is 5.79. The summed E-state index contributed by atoms with van der Waals surface area (Å²) in [4.78, 5) is 57.5. The molecule has 0 aromatic carbocycles. The molecule has 0 aliphatic heterocycles. The van der Waals surface area contributed by atoms with Crippen LogP contribution in [0.2, 0.25) is 0 Å². The van der Waals surface area contributed by atoms with Crippen LogP contribution in [0.25, 0.3) is 0 Å². The lowest BCUT2D eigenvalue weighted by Gasteiger charge is -2.62. The van der Waals surface area contributed by atoms with Crippen LogP contribution in [0.1, 0.15) is 85.0 Å². The number of aliphatic hydroxyl groups is 1. The van der Waals surface area contributed by atoms with E-state index < -0.39 is 56.6 Å². The van der Waals surface area contributed by atoms with Crippen molar-refractivity contribution in [1.82, 2.24) is 16.0 Å². The molecule has 0 spiro atoms. The van der Waals surface area contributed by atoms with Gasteiger partial charge in [0.25, 0.3) is 0 Å². The van der Waals surface area contributed by atoms with Crippen LogP contribution in [0.3, 0.4) is 0 Å². The molecule has 15 heteroatoms. The standard InChI is InChI=1S/C30H50N3O10PS/c1-17(11-26(37)38)20-5-6-21-27-22(8-10-30(20,21)3)29(2)9-7-19(12-18(29)13-23(27)34)33-25(36)14-24(35)31-15-42-28(39)32-16-43-44(40,45)41-4/h17-23,27,34H,5-16H2,1-4H3,(H,31,35)(H,32,39)(H,33,36)(H,37,38)(H,40,45)/t17-,18?,19-,20?,21?,22?,23?,27?,29+,30-,44?/m0/s1. The minimum atomic E-state index is -3.42. The number of rotatable bonds is 12. The second-order valence-corrected chi connectivity index (χ2v) is 17.0. The average molecular weight is 676 g/mol. The number of aliphatic carboxylic acids is 1. The van der Waals surface area contributed by atoms with Crippen LogP contribution in [0.5, 0.6) is 0 Å². The van der Waals surface area contributed by atoms with Crippen LogP contribution >= 0.6 is 6.72 Å². The van der Waals surface area contributed by atoms with E-state index in [0.29, 0.717) is 24.2 Å². The Morgan fingerprint density at radius 3 is 2.36 bits per heavy atom. The maximum atomic E-state index is 12.7. The number of aliphatic hydroxyl groups excluding tert-OH is 1. The van der Waals surface area contributed by atoms with E-state index in [1.54, 1.807) is 0 Å². The highest BCUT2D eigenvalue weighted by molar-refractivity contribution is 8.07. The molecule has 0 bridgehead atoms. The second-order valence-electron chi connectivity index (χ2n) is 14.1. The van der Waals surface area contributed by atoms with E-state index in [2.05, 4.69) is 53.1 Å². The van der Waals surface area contributed by atoms with Gasteiger partial charge in [0.05, 0.1) is 6.10 Å². The molecule has 4 fully saturated rings. The zero-order chi connectivity index (χ0) is 33.2. The van der Waals surface area contributed by atoms with Crippen molar-refractivity contribution in [3.63, 3.8) is 0 Å². The second kappa shape index (κ2) is 14.5. The first-order valence-electron chi connectivity index (χ1n) is 16.0. The normalized spacial score (nSPS) is 37.5. The number of carboxylic acid groups (broad SMARTS) is 1. The Morgan fingerprint density at radius 1 is 0.978 bits per heavy atom. The van der Waals surface area contributed by atoms with E-state index >= 15 is 0 Å².